The van der Waals surface area contributed by atoms with Crippen molar-refractivity contribution in [2.24, 2.45) is 5.41 Å². The highest BCUT2D eigenvalue weighted by Gasteiger charge is 2.23. The van der Waals surface area contributed by atoms with Gasteiger partial charge in [0.25, 0.3) is 0 Å². The minimum absolute atomic E-state index is 0.526. The molecule has 0 aliphatic carbocycles. The molecule has 0 N–H and O–H groups in total. The van der Waals surface area contributed by atoms with E-state index in [9.17, 15) is 0 Å². The van der Waals surface area contributed by atoms with Crippen molar-refractivity contribution in [2.45, 2.75) is 37.0 Å². The van der Waals surface area contributed by atoms with Crippen LogP contribution in [-0.2, 0) is 0 Å². The number of hydrogen-bond acceptors (Lipinski definition) is 1. The van der Waals surface area contributed by atoms with Crippen molar-refractivity contribution >= 4 is 22.6 Å². The van der Waals surface area contributed by atoms with Gasteiger partial charge in [-0.25, -0.2) is 0 Å². The van der Waals surface area contributed by atoms with Crippen LogP contribution in [0.1, 0.15) is 33.1 Å². The largest absolute Gasteiger partial charge is 0.306 e. The Bertz CT molecular complexity index is 145. The Morgan fingerprint density at radius 1 is 1.33 bits per heavy atom. The van der Waals surface area contributed by atoms with E-state index in [4.69, 9.17) is 0 Å². The van der Waals surface area contributed by atoms with Gasteiger partial charge in [-0.05, 0) is 38.3 Å². The Labute approximate surface area is 90.0 Å². The van der Waals surface area contributed by atoms with E-state index in [1.54, 1.807) is 0 Å². The lowest BCUT2D eigenvalue weighted by Gasteiger charge is -2.34. The molecule has 1 atom stereocenters. The quantitative estimate of drug-likeness (QED) is 0.487. The Balaban J connectivity index is 2.49. The molecule has 1 fully saturated rings. The van der Waals surface area contributed by atoms with Crippen molar-refractivity contribution in [3.63, 3.8) is 0 Å². The van der Waals surface area contributed by atoms with E-state index in [2.05, 4.69) is 48.4 Å². The van der Waals surface area contributed by atoms with Crippen LogP contribution in [0.15, 0.2) is 0 Å². The molecule has 0 spiro atoms. The molecule has 0 bridgehead atoms. The summed E-state index contributed by atoms with van der Waals surface area (Å²) in [6, 6.07) is 0. The maximum atomic E-state index is 2.60. The monoisotopic (exact) mass is 281 g/mol. The molecule has 1 unspecified atom stereocenters. The Morgan fingerprint density at radius 3 is 2.67 bits per heavy atom. The smallest absolute Gasteiger partial charge is 0.0122 e. The second kappa shape index (κ2) is 4.27. The molecule has 1 saturated heterocycles. The maximum Gasteiger partial charge on any atom is 0.0122 e. The lowest BCUT2D eigenvalue weighted by molar-refractivity contribution is 0.177. The van der Waals surface area contributed by atoms with Crippen molar-refractivity contribution in [3.05, 3.63) is 0 Å². The molecule has 0 amide bonds. The average Bonchev–Trinajstić information content (AvgIpc) is 1.95. The summed E-state index contributed by atoms with van der Waals surface area (Å²) in [5, 5.41) is 0. The van der Waals surface area contributed by atoms with Gasteiger partial charge in [0.1, 0.15) is 0 Å². The van der Waals surface area contributed by atoms with Gasteiger partial charge in [0.05, 0.1) is 0 Å². The molecule has 1 heterocycles. The summed E-state index contributed by atoms with van der Waals surface area (Å²) >= 11 is 2.60. The highest BCUT2D eigenvalue weighted by molar-refractivity contribution is 14.1. The van der Waals surface area contributed by atoms with Gasteiger partial charge in [-0.2, -0.15) is 0 Å². The Kier molecular flexibility index (Phi) is 3.83. The van der Waals surface area contributed by atoms with Crippen LogP contribution in [0.25, 0.3) is 0 Å². The molecule has 1 rings (SSSR count). The van der Waals surface area contributed by atoms with Gasteiger partial charge in [0.15, 0.2) is 0 Å². The minimum atomic E-state index is 0.526. The predicted octanol–water partition coefficient (Wildman–Crippen LogP) is 2.93. The van der Waals surface area contributed by atoms with Crippen LogP contribution in [0, 0.1) is 5.41 Å². The van der Waals surface area contributed by atoms with Crippen molar-refractivity contribution < 1.29 is 0 Å². The summed E-state index contributed by atoms with van der Waals surface area (Å²) in [6.07, 6.45) is 4.15. The van der Waals surface area contributed by atoms with Crippen LogP contribution < -0.4 is 0 Å². The molecule has 2 heteroatoms. The zero-order valence-electron chi connectivity index (χ0n) is 8.44. The van der Waals surface area contributed by atoms with E-state index in [1.165, 1.54) is 32.4 Å². The van der Waals surface area contributed by atoms with E-state index in [0.29, 0.717) is 5.41 Å². The first kappa shape index (κ1) is 10.8. The molecule has 72 valence electrons. The first-order valence-electron chi connectivity index (χ1n) is 4.82. The van der Waals surface area contributed by atoms with E-state index in [-0.39, 0.29) is 0 Å². The number of likely N-dealkylation sites (tertiary alicyclic amines) is 1. The molecule has 1 aliphatic heterocycles. The Morgan fingerprint density at radius 2 is 2.00 bits per heavy atom. The van der Waals surface area contributed by atoms with Crippen LogP contribution in [0.4, 0.5) is 0 Å². The standard InChI is InChI=1S/C10H20IN/c1-10(2)6-4-9(11)5-7-12(3)8-10/h9H,4-8H2,1-3H3. The summed E-state index contributed by atoms with van der Waals surface area (Å²) in [6.45, 7) is 7.31. The zero-order chi connectivity index (χ0) is 9.19. The summed E-state index contributed by atoms with van der Waals surface area (Å²) in [5.41, 5.74) is 0.526. The van der Waals surface area contributed by atoms with E-state index >= 15 is 0 Å². The molecule has 0 aromatic carbocycles. The van der Waals surface area contributed by atoms with E-state index < -0.39 is 0 Å². The fourth-order valence-electron chi connectivity index (χ4n) is 1.94. The fraction of sp³-hybridized carbons (Fsp3) is 1.00. The lowest BCUT2D eigenvalue weighted by atomic mass is 9.85. The van der Waals surface area contributed by atoms with Gasteiger partial charge < -0.3 is 4.90 Å². The molecular formula is C10H20IN. The maximum absolute atomic E-state index is 2.60. The number of hydrogen-bond donors (Lipinski definition) is 0. The van der Waals surface area contributed by atoms with E-state index in [1.807, 2.05) is 0 Å². The molecule has 0 radical (unpaired) electrons. The molecule has 1 aliphatic rings. The van der Waals surface area contributed by atoms with Crippen LogP contribution >= 0.6 is 22.6 Å². The normalized spacial score (nSPS) is 32.5. The van der Waals surface area contributed by atoms with Crippen LogP contribution in [0.2, 0.25) is 0 Å². The van der Waals surface area contributed by atoms with Gasteiger partial charge in [-0.3, -0.25) is 0 Å². The minimum Gasteiger partial charge on any atom is -0.306 e. The average molecular weight is 281 g/mol. The summed E-state index contributed by atoms with van der Waals surface area (Å²) < 4.78 is 0.893. The number of alkyl halides is 1. The lowest BCUT2D eigenvalue weighted by Crippen LogP contribution is -2.35. The molecule has 12 heavy (non-hydrogen) atoms. The molecule has 1 nitrogen and oxygen atoms in total. The first-order chi connectivity index (χ1) is 5.49. The van der Waals surface area contributed by atoms with Crippen LogP contribution in [-0.4, -0.2) is 29.0 Å². The molecule has 0 saturated carbocycles. The highest BCUT2D eigenvalue weighted by atomic mass is 127. The third kappa shape index (κ3) is 3.60. The summed E-state index contributed by atoms with van der Waals surface area (Å²) in [5.74, 6) is 0. The SMILES string of the molecule is CN1CCC(I)CCC(C)(C)C1. The van der Waals surface area contributed by atoms with Gasteiger partial charge in [-0.15, -0.1) is 0 Å². The topological polar surface area (TPSA) is 3.24 Å². The molecule has 0 aromatic rings. The molecular weight excluding hydrogens is 261 g/mol. The second-order valence-electron chi connectivity index (χ2n) is 4.83. The van der Waals surface area contributed by atoms with Crippen molar-refractivity contribution in [1.29, 1.82) is 0 Å². The van der Waals surface area contributed by atoms with Crippen molar-refractivity contribution in [1.82, 2.24) is 4.90 Å². The fourth-order valence-corrected chi connectivity index (χ4v) is 2.53. The second-order valence-corrected chi connectivity index (χ2v) is 6.59. The van der Waals surface area contributed by atoms with Crippen LogP contribution in [0.3, 0.4) is 0 Å². The number of halogens is 1. The van der Waals surface area contributed by atoms with Gasteiger partial charge in [-0.1, -0.05) is 36.4 Å². The summed E-state index contributed by atoms with van der Waals surface area (Å²) in [4.78, 5) is 2.48. The Hall–Kier alpha value is 0.690. The number of rotatable bonds is 0. The number of nitrogens with zero attached hydrogens (tertiary/aromatic N) is 1. The van der Waals surface area contributed by atoms with Crippen molar-refractivity contribution in [2.75, 3.05) is 20.1 Å². The third-order valence-corrected chi connectivity index (χ3v) is 3.90. The van der Waals surface area contributed by atoms with Gasteiger partial charge in [0, 0.05) is 10.5 Å². The molecule has 0 aromatic heterocycles. The highest BCUT2D eigenvalue weighted by Crippen LogP contribution is 2.29. The van der Waals surface area contributed by atoms with Crippen LogP contribution in [0.5, 0.6) is 0 Å². The van der Waals surface area contributed by atoms with Crippen molar-refractivity contribution in [3.8, 4) is 0 Å². The van der Waals surface area contributed by atoms with Gasteiger partial charge >= 0.3 is 0 Å². The summed E-state index contributed by atoms with van der Waals surface area (Å²) in [7, 11) is 2.25. The predicted molar refractivity (Wildman–Crippen MR) is 62.9 cm³/mol. The third-order valence-electron chi connectivity index (χ3n) is 2.66. The first-order valence-corrected chi connectivity index (χ1v) is 6.07. The van der Waals surface area contributed by atoms with E-state index in [0.717, 1.165) is 3.92 Å². The zero-order valence-corrected chi connectivity index (χ0v) is 10.6. The van der Waals surface area contributed by atoms with Gasteiger partial charge in [0.2, 0.25) is 0 Å².